The van der Waals surface area contributed by atoms with Gasteiger partial charge in [0, 0.05) is 5.33 Å². The molecule has 18 heavy (non-hydrogen) atoms. The Morgan fingerprint density at radius 3 is 2.61 bits per heavy atom. The lowest BCUT2D eigenvalue weighted by Crippen LogP contribution is -2.20. The Kier molecular flexibility index (Phi) is 4.17. The molecule has 2 rings (SSSR count). The lowest BCUT2D eigenvalue weighted by molar-refractivity contribution is 0.0879. The summed E-state index contributed by atoms with van der Waals surface area (Å²) in [5.41, 5.74) is 3.39. The number of fused-ring (bicyclic) bond motifs is 1. The van der Waals surface area contributed by atoms with Gasteiger partial charge in [-0.05, 0) is 36.5 Å². The molecule has 0 atom stereocenters. The molecule has 2 amide bonds. The number of carbonyl (C=O) groups excluding carboxylic acids is 2. The lowest BCUT2D eigenvalue weighted by atomic mass is 9.92. The molecule has 0 saturated heterocycles. The number of nitrogens with one attached hydrogen (secondary N) is 1. The van der Waals surface area contributed by atoms with E-state index in [4.69, 9.17) is 0 Å². The molecule has 1 aliphatic heterocycles. The van der Waals surface area contributed by atoms with Crippen LogP contribution in [-0.4, -0.2) is 17.1 Å². The van der Waals surface area contributed by atoms with E-state index in [2.05, 4.69) is 28.2 Å². The van der Waals surface area contributed by atoms with Crippen molar-refractivity contribution in [1.82, 2.24) is 5.32 Å². The molecule has 1 aromatic carbocycles. The van der Waals surface area contributed by atoms with Crippen molar-refractivity contribution in [3.05, 3.63) is 34.4 Å². The molecular weight excluding hydrogens is 294 g/mol. The fourth-order valence-corrected chi connectivity index (χ4v) is 2.68. The van der Waals surface area contributed by atoms with E-state index >= 15 is 0 Å². The fraction of sp³-hybridized carbons (Fsp3) is 0.429. The average molecular weight is 310 g/mol. The van der Waals surface area contributed by atoms with Crippen LogP contribution in [0.5, 0.6) is 0 Å². The van der Waals surface area contributed by atoms with Crippen LogP contribution in [0.15, 0.2) is 12.1 Å². The SMILES string of the molecule is CCCc1c(CCCBr)ccc2c1C(=O)NC2=O. The van der Waals surface area contributed by atoms with Gasteiger partial charge in [0.2, 0.25) is 0 Å². The second-order valence-electron chi connectivity index (χ2n) is 4.45. The number of rotatable bonds is 5. The first kappa shape index (κ1) is 13.3. The minimum atomic E-state index is -0.264. The maximum absolute atomic E-state index is 11.9. The van der Waals surface area contributed by atoms with E-state index in [0.29, 0.717) is 11.1 Å². The van der Waals surface area contributed by atoms with Crippen molar-refractivity contribution >= 4 is 27.7 Å². The third kappa shape index (κ3) is 2.34. The largest absolute Gasteiger partial charge is 0.288 e. The van der Waals surface area contributed by atoms with Gasteiger partial charge in [-0.3, -0.25) is 14.9 Å². The van der Waals surface area contributed by atoms with Gasteiger partial charge in [-0.15, -0.1) is 0 Å². The van der Waals surface area contributed by atoms with Crippen LogP contribution >= 0.6 is 15.9 Å². The van der Waals surface area contributed by atoms with Crippen molar-refractivity contribution in [3.63, 3.8) is 0 Å². The van der Waals surface area contributed by atoms with Crippen molar-refractivity contribution in [2.75, 3.05) is 5.33 Å². The van der Waals surface area contributed by atoms with Gasteiger partial charge in [-0.1, -0.05) is 35.3 Å². The van der Waals surface area contributed by atoms with Crippen molar-refractivity contribution in [1.29, 1.82) is 0 Å². The standard InChI is InChI=1S/C14H16BrNO2/c1-2-4-10-9(5-3-8-15)6-7-11-12(10)14(18)16-13(11)17/h6-7H,2-5,8H2,1H3,(H,16,17,18). The van der Waals surface area contributed by atoms with Gasteiger partial charge in [0.1, 0.15) is 0 Å². The lowest BCUT2D eigenvalue weighted by Gasteiger charge is -2.11. The molecule has 0 bridgehead atoms. The molecular formula is C14H16BrNO2. The number of hydrogen-bond acceptors (Lipinski definition) is 2. The normalized spacial score (nSPS) is 13.7. The zero-order valence-corrected chi connectivity index (χ0v) is 12.0. The van der Waals surface area contributed by atoms with E-state index in [9.17, 15) is 9.59 Å². The van der Waals surface area contributed by atoms with Gasteiger partial charge in [-0.2, -0.15) is 0 Å². The van der Waals surface area contributed by atoms with Crippen LogP contribution in [0.4, 0.5) is 0 Å². The van der Waals surface area contributed by atoms with Gasteiger partial charge < -0.3 is 0 Å². The van der Waals surface area contributed by atoms with E-state index in [0.717, 1.165) is 36.6 Å². The van der Waals surface area contributed by atoms with Crippen LogP contribution in [0.3, 0.4) is 0 Å². The van der Waals surface area contributed by atoms with Crippen molar-refractivity contribution in [2.45, 2.75) is 32.6 Å². The number of benzene rings is 1. The minimum Gasteiger partial charge on any atom is -0.288 e. The number of amides is 2. The van der Waals surface area contributed by atoms with Crippen molar-refractivity contribution in [2.24, 2.45) is 0 Å². The van der Waals surface area contributed by atoms with Gasteiger partial charge in [0.05, 0.1) is 11.1 Å². The number of aryl methyl sites for hydroxylation is 1. The number of imide groups is 1. The van der Waals surface area contributed by atoms with E-state index in [1.54, 1.807) is 6.07 Å². The zero-order valence-electron chi connectivity index (χ0n) is 10.4. The molecule has 0 unspecified atom stereocenters. The Labute approximate surface area is 115 Å². The molecule has 1 aliphatic rings. The molecule has 4 heteroatoms. The van der Waals surface area contributed by atoms with Crippen molar-refractivity contribution in [3.8, 4) is 0 Å². The summed E-state index contributed by atoms with van der Waals surface area (Å²) < 4.78 is 0. The Balaban J connectivity index is 2.48. The van der Waals surface area contributed by atoms with Crippen LogP contribution in [0.25, 0.3) is 0 Å². The quantitative estimate of drug-likeness (QED) is 0.671. The third-order valence-electron chi connectivity index (χ3n) is 3.19. The highest BCUT2D eigenvalue weighted by Gasteiger charge is 2.30. The number of hydrogen-bond donors (Lipinski definition) is 1. The average Bonchev–Trinajstić information content (AvgIpc) is 2.64. The summed E-state index contributed by atoms with van der Waals surface area (Å²) in [6.07, 6.45) is 3.79. The molecule has 0 fully saturated rings. The van der Waals surface area contributed by atoms with E-state index in [1.807, 2.05) is 6.07 Å². The Bertz CT molecular complexity index is 497. The smallest absolute Gasteiger partial charge is 0.259 e. The molecule has 0 aliphatic carbocycles. The zero-order chi connectivity index (χ0) is 13.1. The minimum absolute atomic E-state index is 0.237. The summed E-state index contributed by atoms with van der Waals surface area (Å²) in [5, 5.41) is 3.32. The first-order valence-corrected chi connectivity index (χ1v) is 7.37. The summed E-state index contributed by atoms with van der Waals surface area (Å²) >= 11 is 3.42. The Hall–Kier alpha value is -1.16. The second kappa shape index (κ2) is 5.65. The van der Waals surface area contributed by atoms with Gasteiger partial charge in [0.25, 0.3) is 11.8 Å². The molecule has 96 valence electrons. The predicted molar refractivity (Wildman–Crippen MR) is 74.3 cm³/mol. The predicted octanol–water partition coefficient (Wildman–Crippen LogP) is 2.85. The van der Waals surface area contributed by atoms with Crippen LogP contribution in [0.1, 0.15) is 51.6 Å². The summed E-state index contributed by atoms with van der Waals surface area (Å²) in [5.74, 6) is -0.501. The van der Waals surface area contributed by atoms with E-state index < -0.39 is 0 Å². The second-order valence-corrected chi connectivity index (χ2v) is 5.24. The van der Waals surface area contributed by atoms with Crippen molar-refractivity contribution < 1.29 is 9.59 Å². The highest BCUT2D eigenvalue weighted by Crippen LogP contribution is 2.26. The maximum atomic E-state index is 11.9. The molecule has 0 saturated carbocycles. The highest BCUT2D eigenvalue weighted by atomic mass is 79.9. The third-order valence-corrected chi connectivity index (χ3v) is 3.75. The monoisotopic (exact) mass is 309 g/mol. The Morgan fingerprint density at radius 1 is 1.17 bits per heavy atom. The Morgan fingerprint density at radius 2 is 1.94 bits per heavy atom. The topological polar surface area (TPSA) is 46.2 Å². The van der Waals surface area contributed by atoms with E-state index in [-0.39, 0.29) is 11.8 Å². The van der Waals surface area contributed by atoms with Crippen LogP contribution in [0, 0.1) is 0 Å². The summed E-state index contributed by atoms with van der Waals surface area (Å²) in [6, 6.07) is 3.77. The van der Waals surface area contributed by atoms with Crippen LogP contribution in [0.2, 0.25) is 0 Å². The molecule has 1 aromatic rings. The van der Waals surface area contributed by atoms with Gasteiger partial charge >= 0.3 is 0 Å². The first-order chi connectivity index (χ1) is 8.69. The van der Waals surface area contributed by atoms with Crippen LogP contribution in [-0.2, 0) is 12.8 Å². The van der Waals surface area contributed by atoms with Gasteiger partial charge in [0.15, 0.2) is 0 Å². The molecule has 0 aromatic heterocycles. The first-order valence-electron chi connectivity index (χ1n) is 6.25. The number of carbonyl (C=O) groups is 2. The molecule has 1 N–H and O–H groups in total. The van der Waals surface area contributed by atoms with Crippen LogP contribution < -0.4 is 5.32 Å². The fourth-order valence-electron chi connectivity index (χ4n) is 2.40. The molecule has 3 nitrogen and oxygen atoms in total. The molecule has 0 spiro atoms. The highest BCUT2D eigenvalue weighted by molar-refractivity contribution is 9.09. The number of alkyl halides is 1. The summed E-state index contributed by atoms with van der Waals surface area (Å²) in [6.45, 7) is 2.09. The van der Waals surface area contributed by atoms with Gasteiger partial charge in [-0.25, -0.2) is 0 Å². The summed E-state index contributed by atoms with van der Waals surface area (Å²) in [4.78, 5) is 23.5. The van der Waals surface area contributed by atoms with E-state index in [1.165, 1.54) is 5.56 Å². The molecule has 0 radical (unpaired) electrons. The number of halogens is 1. The summed E-state index contributed by atoms with van der Waals surface area (Å²) in [7, 11) is 0. The molecule has 1 heterocycles. The maximum Gasteiger partial charge on any atom is 0.259 e.